The maximum atomic E-state index is 11.7. The molecule has 3 rings (SSSR count). The van der Waals surface area contributed by atoms with Gasteiger partial charge >= 0.3 is 0 Å². The molecule has 0 bridgehead atoms. The first-order chi connectivity index (χ1) is 10.3. The molecule has 1 aliphatic rings. The highest BCUT2D eigenvalue weighted by molar-refractivity contribution is 7.99. The molecule has 5 nitrogen and oxygen atoms in total. The number of carbonyl (C=O) groups is 1. The molecule has 1 aliphatic carbocycles. The topological polar surface area (TPSA) is 59.8 Å². The van der Waals surface area contributed by atoms with Crippen LogP contribution in [0.4, 0.5) is 0 Å². The third-order valence-corrected chi connectivity index (χ3v) is 4.90. The normalized spacial score (nSPS) is 14.1. The second kappa shape index (κ2) is 6.44. The van der Waals surface area contributed by atoms with E-state index in [1.54, 1.807) is 17.4 Å². The zero-order valence-electron chi connectivity index (χ0n) is 11.5. The third kappa shape index (κ3) is 3.36. The molecule has 21 heavy (non-hydrogen) atoms. The minimum Gasteiger partial charge on any atom is -0.352 e. The van der Waals surface area contributed by atoms with Crippen molar-refractivity contribution in [1.29, 1.82) is 0 Å². The van der Waals surface area contributed by atoms with Crippen LogP contribution in [0.3, 0.4) is 0 Å². The molecule has 1 saturated carbocycles. The van der Waals surface area contributed by atoms with Crippen molar-refractivity contribution in [2.45, 2.75) is 24.0 Å². The summed E-state index contributed by atoms with van der Waals surface area (Å²) < 4.78 is 2.18. The van der Waals surface area contributed by atoms with E-state index in [4.69, 9.17) is 0 Å². The quantitative estimate of drug-likeness (QED) is 0.629. The molecule has 0 unspecified atom stereocenters. The Labute approximate surface area is 131 Å². The molecular formula is C14H16N4OS2. The smallest absolute Gasteiger partial charge is 0.230 e. The zero-order chi connectivity index (χ0) is 14.7. The molecule has 1 fully saturated rings. The van der Waals surface area contributed by atoms with Gasteiger partial charge in [-0.2, -0.15) is 0 Å². The van der Waals surface area contributed by atoms with Gasteiger partial charge in [-0.15, -0.1) is 28.1 Å². The molecular weight excluding hydrogens is 304 g/mol. The van der Waals surface area contributed by atoms with E-state index in [1.807, 2.05) is 11.4 Å². The third-order valence-electron chi connectivity index (χ3n) is 3.09. The average Bonchev–Trinajstić information content (AvgIpc) is 3.03. The average molecular weight is 320 g/mol. The Hall–Kier alpha value is -1.60. The molecule has 2 aromatic heterocycles. The molecule has 0 radical (unpaired) electrons. The summed E-state index contributed by atoms with van der Waals surface area (Å²) in [5, 5.41) is 14.2. The van der Waals surface area contributed by atoms with E-state index >= 15 is 0 Å². The standard InChI is InChI=1S/C14H16N4OS2/c1-2-7-15-12(19)9-21-14-17-16-13(11-4-3-8-20-11)18(14)10-5-6-10/h2-4,8,10H,1,5-7,9H2,(H,15,19). The van der Waals surface area contributed by atoms with E-state index in [0.717, 1.165) is 28.7 Å². The molecule has 1 N–H and O–H groups in total. The number of hydrogen-bond acceptors (Lipinski definition) is 5. The fraction of sp³-hybridized carbons (Fsp3) is 0.357. The molecule has 1 amide bonds. The summed E-state index contributed by atoms with van der Waals surface area (Å²) in [6.07, 6.45) is 3.99. The number of thioether (sulfide) groups is 1. The van der Waals surface area contributed by atoms with Gasteiger partial charge in [-0.05, 0) is 24.3 Å². The Balaban J connectivity index is 1.74. The summed E-state index contributed by atoms with van der Waals surface area (Å²) in [5.74, 6) is 1.26. The summed E-state index contributed by atoms with van der Waals surface area (Å²) in [4.78, 5) is 12.8. The molecule has 2 heterocycles. The van der Waals surface area contributed by atoms with Crippen molar-refractivity contribution in [2.24, 2.45) is 0 Å². The van der Waals surface area contributed by atoms with Crippen LogP contribution in [0.2, 0.25) is 0 Å². The summed E-state index contributed by atoms with van der Waals surface area (Å²) in [5.41, 5.74) is 0. The van der Waals surface area contributed by atoms with Crippen LogP contribution in [-0.2, 0) is 4.79 Å². The Kier molecular flexibility index (Phi) is 4.40. The van der Waals surface area contributed by atoms with Gasteiger partial charge in [0.25, 0.3) is 0 Å². The fourth-order valence-corrected chi connectivity index (χ4v) is 3.52. The van der Waals surface area contributed by atoms with Crippen LogP contribution in [0.1, 0.15) is 18.9 Å². The van der Waals surface area contributed by atoms with Gasteiger partial charge in [0.2, 0.25) is 5.91 Å². The molecule has 0 saturated heterocycles. The van der Waals surface area contributed by atoms with E-state index in [9.17, 15) is 4.79 Å². The lowest BCUT2D eigenvalue weighted by atomic mass is 10.4. The predicted octanol–water partition coefficient (Wildman–Crippen LogP) is 2.74. The summed E-state index contributed by atoms with van der Waals surface area (Å²) in [7, 11) is 0. The molecule has 2 aromatic rings. The Morgan fingerprint density at radius 2 is 2.43 bits per heavy atom. The van der Waals surface area contributed by atoms with Crippen LogP contribution in [-0.4, -0.2) is 33.0 Å². The number of aromatic nitrogens is 3. The van der Waals surface area contributed by atoms with Crippen molar-refractivity contribution < 1.29 is 4.79 Å². The monoisotopic (exact) mass is 320 g/mol. The number of thiophene rings is 1. The lowest BCUT2D eigenvalue weighted by molar-refractivity contribution is -0.118. The van der Waals surface area contributed by atoms with Crippen molar-refractivity contribution in [2.75, 3.05) is 12.3 Å². The van der Waals surface area contributed by atoms with E-state index < -0.39 is 0 Å². The second-order valence-corrected chi connectivity index (χ2v) is 6.66. The number of nitrogens with one attached hydrogen (secondary N) is 1. The fourth-order valence-electron chi connectivity index (χ4n) is 1.98. The Morgan fingerprint density at radius 1 is 1.57 bits per heavy atom. The largest absolute Gasteiger partial charge is 0.352 e. The van der Waals surface area contributed by atoms with Gasteiger partial charge in [0.05, 0.1) is 10.6 Å². The Bertz CT molecular complexity index is 631. The van der Waals surface area contributed by atoms with Gasteiger partial charge in [0.1, 0.15) is 0 Å². The zero-order valence-corrected chi connectivity index (χ0v) is 13.1. The van der Waals surface area contributed by atoms with E-state index in [2.05, 4.69) is 32.7 Å². The van der Waals surface area contributed by atoms with Gasteiger partial charge in [0.15, 0.2) is 11.0 Å². The van der Waals surface area contributed by atoms with Gasteiger partial charge in [-0.1, -0.05) is 23.9 Å². The van der Waals surface area contributed by atoms with Crippen LogP contribution in [0.15, 0.2) is 35.3 Å². The van der Waals surface area contributed by atoms with Crippen molar-refractivity contribution in [3.8, 4) is 10.7 Å². The highest BCUT2D eigenvalue weighted by Gasteiger charge is 2.30. The maximum Gasteiger partial charge on any atom is 0.230 e. The number of carbonyl (C=O) groups excluding carboxylic acids is 1. The summed E-state index contributed by atoms with van der Waals surface area (Å²) in [6, 6.07) is 4.55. The highest BCUT2D eigenvalue weighted by Crippen LogP contribution is 2.41. The van der Waals surface area contributed by atoms with Crippen LogP contribution >= 0.6 is 23.1 Å². The van der Waals surface area contributed by atoms with Crippen molar-refractivity contribution in [3.63, 3.8) is 0 Å². The van der Waals surface area contributed by atoms with Gasteiger partial charge in [-0.25, -0.2) is 0 Å². The second-order valence-electron chi connectivity index (χ2n) is 4.77. The molecule has 0 spiro atoms. The van der Waals surface area contributed by atoms with E-state index in [0.29, 0.717) is 18.3 Å². The lowest BCUT2D eigenvalue weighted by Gasteiger charge is -2.07. The van der Waals surface area contributed by atoms with Gasteiger partial charge in [-0.3, -0.25) is 9.36 Å². The minimum atomic E-state index is -0.0112. The lowest BCUT2D eigenvalue weighted by Crippen LogP contribution is -2.25. The molecule has 7 heteroatoms. The summed E-state index contributed by atoms with van der Waals surface area (Å²) >= 11 is 3.10. The maximum absolute atomic E-state index is 11.7. The van der Waals surface area contributed by atoms with Crippen molar-refractivity contribution in [3.05, 3.63) is 30.2 Å². The van der Waals surface area contributed by atoms with Gasteiger partial charge in [0, 0.05) is 12.6 Å². The molecule has 0 aliphatic heterocycles. The van der Waals surface area contributed by atoms with Crippen molar-refractivity contribution >= 4 is 29.0 Å². The SMILES string of the molecule is C=CCNC(=O)CSc1nnc(-c2cccs2)n1C1CC1. The van der Waals surface area contributed by atoms with Crippen LogP contribution in [0, 0.1) is 0 Å². The highest BCUT2D eigenvalue weighted by atomic mass is 32.2. The molecule has 110 valence electrons. The van der Waals surface area contributed by atoms with Crippen LogP contribution in [0.5, 0.6) is 0 Å². The first-order valence-electron chi connectivity index (χ1n) is 6.78. The first kappa shape index (κ1) is 14.3. The number of rotatable bonds is 7. The summed E-state index contributed by atoms with van der Waals surface area (Å²) in [6.45, 7) is 4.08. The van der Waals surface area contributed by atoms with Crippen molar-refractivity contribution in [1.82, 2.24) is 20.1 Å². The molecule has 0 atom stereocenters. The number of hydrogen-bond donors (Lipinski definition) is 1. The first-order valence-corrected chi connectivity index (χ1v) is 8.65. The number of nitrogens with zero attached hydrogens (tertiary/aromatic N) is 3. The van der Waals surface area contributed by atoms with Gasteiger partial charge < -0.3 is 5.32 Å². The van der Waals surface area contributed by atoms with Crippen LogP contribution < -0.4 is 5.32 Å². The van der Waals surface area contributed by atoms with E-state index in [1.165, 1.54) is 11.8 Å². The minimum absolute atomic E-state index is 0.0112. The van der Waals surface area contributed by atoms with E-state index in [-0.39, 0.29) is 5.91 Å². The Morgan fingerprint density at radius 3 is 3.10 bits per heavy atom. The molecule has 0 aromatic carbocycles. The number of amides is 1. The predicted molar refractivity (Wildman–Crippen MR) is 85.5 cm³/mol. The van der Waals surface area contributed by atoms with Crippen LogP contribution in [0.25, 0.3) is 10.7 Å².